The lowest BCUT2D eigenvalue weighted by molar-refractivity contribution is -0.119. The first kappa shape index (κ1) is 674. The molecule has 150 valence electrons. The fourth-order valence-electron chi connectivity index (χ4n) is 0. The third-order valence-electron chi connectivity index (χ3n) is 0.223. The van der Waals surface area contributed by atoms with Gasteiger partial charge < -0.3 is 87.2 Å². The van der Waals surface area contributed by atoms with E-state index in [4.69, 9.17) is 5.11 Å². The van der Waals surface area contributed by atoms with Gasteiger partial charge >= 0.3 is 0 Å². The van der Waals surface area contributed by atoms with Crippen molar-refractivity contribution in [3.8, 4) is 0 Å². The van der Waals surface area contributed by atoms with Crippen molar-refractivity contribution in [2.45, 2.75) is 6.92 Å². The summed E-state index contributed by atoms with van der Waals surface area (Å²) >= 11 is 0. The molecule has 31 N–H and O–H groups in total. The molecule has 0 saturated carbocycles. The Labute approximate surface area is 113 Å². The SMILES string of the molecule is CC(=O)CO.O.O.O.O.O.O.O.O.O.O.O.O.O.O.O. The minimum atomic E-state index is -0.333. The average molecular weight is 344 g/mol. The Bertz CT molecular complexity index is 47.5. The van der Waals surface area contributed by atoms with Crippen LogP contribution < -0.4 is 0 Å². The first-order valence-corrected chi connectivity index (χ1v) is 1.37. The van der Waals surface area contributed by atoms with E-state index in [0.29, 0.717) is 0 Å². The van der Waals surface area contributed by atoms with Crippen LogP contribution in [0.25, 0.3) is 0 Å². The van der Waals surface area contributed by atoms with Crippen LogP contribution in [0.4, 0.5) is 0 Å². The molecule has 0 aromatic carbocycles. The summed E-state index contributed by atoms with van der Waals surface area (Å²) in [5.74, 6) is -0.190. The molecule has 0 aromatic heterocycles. The molecule has 0 aliphatic carbocycles. The summed E-state index contributed by atoms with van der Waals surface area (Å²) in [5.41, 5.74) is 0. The van der Waals surface area contributed by atoms with Crippen LogP contribution in [0.15, 0.2) is 0 Å². The number of hydrogen-bond acceptors (Lipinski definition) is 2. The van der Waals surface area contributed by atoms with Gasteiger partial charge in [0, 0.05) is 0 Å². The third-order valence-corrected chi connectivity index (χ3v) is 0.223. The van der Waals surface area contributed by atoms with Crippen LogP contribution >= 0.6 is 0 Å². The van der Waals surface area contributed by atoms with Crippen molar-refractivity contribution in [3.63, 3.8) is 0 Å². The first-order chi connectivity index (χ1) is 2.27. The standard InChI is InChI=1S/C3H6O2.15H2O/c1-3(5)2-4;;;;;;;;;;;;;;;/h4H,2H2,1H3;15*1H2. The van der Waals surface area contributed by atoms with Gasteiger partial charge in [0.2, 0.25) is 0 Å². The Morgan fingerprint density at radius 2 is 0.600 bits per heavy atom. The first-order valence-electron chi connectivity index (χ1n) is 1.37. The van der Waals surface area contributed by atoms with Crippen LogP contribution in [0.1, 0.15) is 6.92 Å². The molecule has 0 rings (SSSR count). The smallest absolute Gasteiger partial charge is 0.155 e. The van der Waals surface area contributed by atoms with Crippen LogP contribution in [0.2, 0.25) is 0 Å². The van der Waals surface area contributed by atoms with Crippen molar-refractivity contribution in [1.29, 1.82) is 0 Å². The zero-order valence-corrected chi connectivity index (χ0v) is 10.6. The summed E-state index contributed by atoms with van der Waals surface area (Å²) in [7, 11) is 0. The predicted octanol–water partition coefficient (Wildman–Crippen LogP) is -12.8. The predicted molar refractivity (Wildman–Crippen MR) is 72.0 cm³/mol. The van der Waals surface area contributed by atoms with E-state index in [-0.39, 0.29) is 94.5 Å². The highest BCUT2D eigenvalue weighted by Crippen LogP contribution is 1.55. The quantitative estimate of drug-likeness (QED) is 0.483. The minimum Gasteiger partial charge on any atom is -0.412 e. The van der Waals surface area contributed by atoms with Crippen molar-refractivity contribution in [2.75, 3.05) is 6.61 Å². The van der Waals surface area contributed by atoms with E-state index in [9.17, 15) is 4.79 Å². The number of aliphatic hydroxyl groups is 1. The lowest BCUT2D eigenvalue weighted by Gasteiger charge is -1.72. The van der Waals surface area contributed by atoms with E-state index in [1.807, 2.05) is 0 Å². The summed E-state index contributed by atoms with van der Waals surface area (Å²) in [4.78, 5) is 9.56. The van der Waals surface area contributed by atoms with Crippen LogP contribution in [0, 0.1) is 0 Å². The Hall–Kier alpha value is -0.970. The van der Waals surface area contributed by atoms with Gasteiger partial charge in [0.25, 0.3) is 0 Å². The van der Waals surface area contributed by atoms with E-state index in [2.05, 4.69) is 0 Å². The fraction of sp³-hybridized carbons (Fsp3) is 0.667. The maximum absolute atomic E-state index is 9.56. The Kier molecular flexibility index (Phi) is 19200. The van der Waals surface area contributed by atoms with E-state index in [1.54, 1.807) is 0 Å². The van der Waals surface area contributed by atoms with Gasteiger partial charge in [0.1, 0.15) is 6.61 Å². The summed E-state index contributed by atoms with van der Waals surface area (Å²) in [6.07, 6.45) is 0. The molecule has 0 amide bonds. The molecule has 0 atom stereocenters. The molecule has 0 radical (unpaired) electrons. The number of hydrogen-bond donors (Lipinski definition) is 1. The molecule has 0 aromatic rings. The number of ketones is 1. The summed E-state index contributed by atoms with van der Waals surface area (Å²) in [6, 6.07) is 0. The third kappa shape index (κ3) is 4120. The lowest BCUT2D eigenvalue weighted by atomic mass is 10.5. The van der Waals surface area contributed by atoms with Crippen LogP contribution in [0.5, 0.6) is 0 Å². The highest BCUT2D eigenvalue weighted by molar-refractivity contribution is 5.76. The number of carbonyl (C=O) groups excluding carboxylic acids is 1. The van der Waals surface area contributed by atoms with Gasteiger partial charge in [-0.2, -0.15) is 0 Å². The Morgan fingerprint density at radius 3 is 0.600 bits per heavy atom. The molecule has 0 aliphatic heterocycles. The van der Waals surface area contributed by atoms with Crippen molar-refractivity contribution in [3.05, 3.63) is 0 Å². The Morgan fingerprint density at radius 1 is 0.550 bits per heavy atom. The van der Waals surface area contributed by atoms with Crippen molar-refractivity contribution < 1.29 is 92.0 Å². The summed E-state index contributed by atoms with van der Waals surface area (Å²) in [5, 5.41) is 7.79. The second-order valence-corrected chi connectivity index (χ2v) is 0.860. The molecule has 0 fully saturated rings. The number of rotatable bonds is 1. The normalized spacial score (nSPS) is 1.90. The van der Waals surface area contributed by atoms with Gasteiger partial charge in [-0.3, -0.25) is 4.79 Å². The van der Waals surface area contributed by atoms with E-state index in [0.717, 1.165) is 0 Å². The van der Waals surface area contributed by atoms with Gasteiger partial charge in [-0.25, -0.2) is 0 Å². The van der Waals surface area contributed by atoms with Gasteiger partial charge in [-0.15, -0.1) is 0 Å². The molecule has 0 heterocycles. The molecular weight excluding hydrogens is 308 g/mol. The van der Waals surface area contributed by atoms with E-state index in [1.165, 1.54) is 6.92 Å². The maximum atomic E-state index is 9.56. The molecule has 0 unspecified atom stereocenters. The molecule has 0 saturated heterocycles. The second kappa shape index (κ2) is 570. The monoisotopic (exact) mass is 344 g/mol. The van der Waals surface area contributed by atoms with Crippen molar-refractivity contribution in [2.24, 2.45) is 0 Å². The highest BCUT2D eigenvalue weighted by atomic mass is 16.3. The summed E-state index contributed by atoms with van der Waals surface area (Å²) in [6.45, 7) is 1.000. The molecule has 17 heteroatoms. The van der Waals surface area contributed by atoms with E-state index >= 15 is 0 Å². The molecule has 0 bridgehead atoms. The van der Waals surface area contributed by atoms with Gasteiger partial charge in [-0.05, 0) is 6.92 Å². The largest absolute Gasteiger partial charge is 0.412 e. The van der Waals surface area contributed by atoms with E-state index < -0.39 is 0 Å². The molecule has 0 spiro atoms. The lowest BCUT2D eigenvalue weighted by Crippen LogP contribution is -1.93. The topological polar surface area (TPSA) is 510 Å². The van der Waals surface area contributed by atoms with Crippen molar-refractivity contribution in [1.82, 2.24) is 0 Å². The number of carbonyl (C=O) groups is 1. The molecule has 20 heavy (non-hydrogen) atoms. The second-order valence-electron chi connectivity index (χ2n) is 0.860. The molecule has 17 nitrogen and oxygen atoms in total. The van der Waals surface area contributed by atoms with Gasteiger partial charge in [-0.1, -0.05) is 0 Å². The highest BCUT2D eigenvalue weighted by Gasteiger charge is 1.78. The fourth-order valence-corrected chi connectivity index (χ4v) is 0. The average Bonchev–Trinajstić information content (AvgIpc) is 1.38. The van der Waals surface area contributed by atoms with Crippen molar-refractivity contribution >= 4 is 5.78 Å². The molecule has 0 aliphatic rings. The van der Waals surface area contributed by atoms with Gasteiger partial charge in [0.15, 0.2) is 5.78 Å². The van der Waals surface area contributed by atoms with Crippen LogP contribution in [0.3, 0.4) is 0 Å². The summed E-state index contributed by atoms with van der Waals surface area (Å²) < 4.78 is 0. The zero-order chi connectivity index (χ0) is 4.28. The van der Waals surface area contributed by atoms with Crippen LogP contribution in [-0.2, 0) is 4.79 Å². The minimum absolute atomic E-state index is 0. The number of Topliss-reactive ketones (excluding diaryl/α,β-unsaturated/α-hetero) is 1. The molecular formula is C3H36O17. The zero-order valence-electron chi connectivity index (χ0n) is 10.6. The Balaban J connectivity index is -0.000000000762. The van der Waals surface area contributed by atoms with Gasteiger partial charge in [0.05, 0.1) is 0 Å². The maximum Gasteiger partial charge on any atom is 0.155 e. The van der Waals surface area contributed by atoms with Crippen LogP contribution in [-0.4, -0.2) is 99.6 Å². The number of aliphatic hydroxyl groups excluding tert-OH is 1.